The molecule has 1 heterocycles. The van der Waals surface area contributed by atoms with Crippen LogP contribution in [0.2, 0.25) is 0 Å². The van der Waals surface area contributed by atoms with Gasteiger partial charge in [-0.1, -0.05) is 74.4 Å². The molecule has 1 saturated heterocycles. The summed E-state index contributed by atoms with van der Waals surface area (Å²) in [5, 5.41) is 0. The predicted molar refractivity (Wildman–Crippen MR) is 121 cm³/mol. The van der Waals surface area contributed by atoms with Gasteiger partial charge in [0, 0.05) is 36.9 Å². The van der Waals surface area contributed by atoms with Crippen LogP contribution in [-0.2, 0) is 11.2 Å². The van der Waals surface area contributed by atoms with Crippen LogP contribution >= 0.6 is 0 Å². The number of likely N-dealkylation sites (tertiary alicyclic amines) is 1. The quantitative estimate of drug-likeness (QED) is 0.585. The van der Waals surface area contributed by atoms with E-state index in [9.17, 15) is 9.59 Å². The number of carbonyl (C=O) groups is 2. The molecule has 1 aliphatic heterocycles. The van der Waals surface area contributed by atoms with Crippen LogP contribution in [0.5, 0.6) is 0 Å². The van der Waals surface area contributed by atoms with Crippen molar-refractivity contribution in [3.63, 3.8) is 0 Å². The molecule has 2 fully saturated rings. The minimum absolute atomic E-state index is 0.191. The third-order valence-corrected chi connectivity index (χ3v) is 6.98. The first kappa shape index (κ1) is 20.8. The maximum atomic E-state index is 13.2. The second-order valence-corrected chi connectivity index (χ2v) is 9.11. The van der Waals surface area contributed by atoms with E-state index in [2.05, 4.69) is 36.1 Å². The molecule has 3 heteroatoms. The van der Waals surface area contributed by atoms with Gasteiger partial charge in [-0.3, -0.25) is 9.59 Å². The van der Waals surface area contributed by atoms with Crippen molar-refractivity contribution in [2.24, 2.45) is 11.8 Å². The number of hydrogen-bond donors (Lipinski definition) is 0. The van der Waals surface area contributed by atoms with Gasteiger partial charge in [0.15, 0.2) is 5.78 Å². The monoisotopic (exact) mass is 403 g/mol. The number of piperidine rings is 1. The number of amides is 1. The molecule has 4 rings (SSSR count). The number of rotatable bonds is 6. The van der Waals surface area contributed by atoms with E-state index in [4.69, 9.17) is 0 Å². The Morgan fingerprint density at radius 1 is 0.933 bits per heavy atom. The summed E-state index contributed by atoms with van der Waals surface area (Å²) in [7, 11) is 0. The van der Waals surface area contributed by atoms with Crippen molar-refractivity contribution in [1.82, 2.24) is 4.90 Å². The van der Waals surface area contributed by atoms with E-state index < -0.39 is 0 Å². The molecule has 2 aromatic carbocycles. The summed E-state index contributed by atoms with van der Waals surface area (Å²) in [5.74, 6) is 1.23. The first-order valence-corrected chi connectivity index (χ1v) is 11.6. The number of nitrogens with zero attached hydrogens (tertiary/aromatic N) is 1. The van der Waals surface area contributed by atoms with Gasteiger partial charge in [-0.25, -0.2) is 0 Å². The number of carbonyl (C=O) groups excluding carboxylic acids is 2. The zero-order valence-electron chi connectivity index (χ0n) is 18.1. The highest BCUT2D eigenvalue weighted by molar-refractivity contribution is 5.96. The van der Waals surface area contributed by atoms with Gasteiger partial charge in [-0.2, -0.15) is 0 Å². The summed E-state index contributed by atoms with van der Waals surface area (Å²) in [6.07, 6.45) is 6.91. The van der Waals surface area contributed by atoms with Crippen molar-refractivity contribution >= 4 is 11.7 Å². The Morgan fingerprint density at radius 2 is 1.63 bits per heavy atom. The minimum atomic E-state index is 0.191. The van der Waals surface area contributed by atoms with Gasteiger partial charge in [0.05, 0.1) is 0 Å². The molecule has 2 atom stereocenters. The molecule has 1 aliphatic carbocycles. The molecule has 1 amide bonds. The summed E-state index contributed by atoms with van der Waals surface area (Å²) in [4.78, 5) is 28.2. The lowest BCUT2D eigenvalue weighted by Crippen LogP contribution is -2.45. The second-order valence-electron chi connectivity index (χ2n) is 9.11. The highest BCUT2D eigenvalue weighted by atomic mass is 16.2. The minimum Gasteiger partial charge on any atom is -0.342 e. The van der Waals surface area contributed by atoms with Crippen LogP contribution < -0.4 is 0 Å². The molecule has 0 bridgehead atoms. The van der Waals surface area contributed by atoms with Crippen molar-refractivity contribution in [1.29, 1.82) is 0 Å². The fourth-order valence-corrected chi connectivity index (χ4v) is 5.23. The van der Waals surface area contributed by atoms with Crippen molar-refractivity contribution in [3.05, 3.63) is 71.3 Å². The highest BCUT2D eigenvalue weighted by Gasteiger charge is 2.35. The SMILES string of the molecule is CCc1ccc(C2CC(CC(=O)c3ccccc3)CN(C(=O)C3CCCC3)C2)cc1. The zero-order valence-corrected chi connectivity index (χ0v) is 18.1. The Kier molecular flexibility index (Phi) is 6.66. The van der Waals surface area contributed by atoms with Crippen molar-refractivity contribution in [2.45, 2.75) is 57.8 Å². The molecule has 158 valence electrons. The summed E-state index contributed by atoms with van der Waals surface area (Å²) in [6.45, 7) is 3.68. The average Bonchev–Trinajstić information content (AvgIpc) is 3.34. The highest BCUT2D eigenvalue weighted by Crippen LogP contribution is 2.35. The van der Waals surface area contributed by atoms with Crippen molar-refractivity contribution < 1.29 is 9.59 Å². The van der Waals surface area contributed by atoms with E-state index in [-0.39, 0.29) is 17.6 Å². The van der Waals surface area contributed by atoms with Crippen LogP contribution in [0, 0.1) is 11.8 Å². The molecule has 0 N–H and O–H groups in total. The van der Waals surface area contributed by atoms with Crippen LogP contribution in [0.25, 0.3) is 0 Å². The Bertz CT molecular complexity index is 852. The number of hydrogen-bond acceptors (Lipinski definition) is 2. The van der Waals surface area contributed by atoms with Crippen LogP contribution in [0.4, 0.5) is 0 Å². The van der Waals surface area contributed by atoms with E-state index in [1.807, 2.05) is 30.3 Å². The van der Waals surface area contributed by atoms with E-state index >= 15 is 0 Å². The second kappa shape index (κ2) is 9.59. The van der Waals surface area contributed by atoms with Gasteiger partial charge in [-0.15, -0.1) is 0 Å². The molecular formula is C27H33NO2. The number of ketones is 1. The van der Waals surface area contributed by atoms with Gasteiger partial charge in [0.2, 0.25) is 5.91 Å². The van der Waals surface area contributed by atoms with Gasteiger partial charge >= 0.3 is 0 Å². The molecule has 2 aromatic rings. The van der Waals surface area contributed by atoms with Crippen molar-refractivity contribution in [3.8, 4) is 0 Å². The molecule has 2 unspecified atom stereocenters. The number of benzene rings is 2. The Hall–Kier alpha value is -2.42. The van der Waals surface area contributed by atoms with E-state index in [1.54, 1.807) is 0 Å². The summed E-state index contributed by atoms with van der Waals surface area (Å²) < 4.78 is 0. The lowest BCUT2D eigenvalue weighted by molar-refractivity contribution is -0.137. The van der Waals surface area contributed by atoms with Crippen LogP contribution in [0.1, 0.15) is 72.9 Å². The van der Waals surface area contributed by atoms with Gasteiger partial charge in [0.1, 0.15) is 0 Å². The average molecular weight is 404 g/mol. The molecule has 0 spiro atoms. The number of Topliss-reactive ketones (excluding diaryl/α,β-unsaturated/α-hetero) is 1. The molecule has 3 nitrogen and oxygen atoms in total. The molecule has 0 aromatic heterocycles. The normalized spacial score (nSPS) is 22.2. The first-order chi connectivity index (χ1) is 14.6. The fraction of sp³-hybridized carbons (Fsp3) is 0.481. The van der Waals surface area contributed by atoms with Crippen molar-refractivity contribution in [2.75, 3.05) is 13.1 Å². The van der Waals surface area contributed by atoms with Crippen LogP contribution in [-0.4, -0.2) is 29.7 Å². The summed E-state index contributed by atoms with van der Waals surface area (Å²) in [6, 6.07) is 18.4. The van der Waals surface area contributed by atoms with Crippen LogP contribution in [0.3, 0.4) is 0 Å². The summed E-state index contributed by atoms with van der Waals surface area (Å²) >= 11 is 0. The van der Waals surface area contributed by atoms with Gasteiger partial charge < -0.3 is 4.90 Å². The molecule has 2 aliphatic rings. The lowest BCUT2D eigenvalue weighted by Gasteiger charge is -2.39. The Balaban J connectivity index is 1.52. The van der Waals surface area contributed by atoms with Gasteiger partial charge in [0.25, 0.3) is 0 Å². The molecular weight excluding hydrogens is 370 g/mol. The zero-order chi connectivity index (χ0) is 20.9. The maximum absolute atomic E-state index is 13.2. The van der Waals surface area contributed by atoms with E-state index in [0.29, 0.717) is 18.2 Å². The topological polar surface area (TPSA) is 37.4 Å². The molecule has 1 saturated carbocycles. The van der Waals surface area contributed by atoms with E-state index in [1.165, 1.54) is 24.0 Å². The fourth-order valence-electron chi connectivity index (χ4n) is 5.23. The Labute approximate surface area is 180 Å². The third-order valence-electron chi connectivity index (χ3n) is 6.98. The third kappa shape index (κ3) is 4.83. The van der Waals surface area contributed by atoms with Gasteiger partial charge in [-0.05, 0) is 42.7 Å². The number of aryl methyl sites for hydroxylation is 1. The van der Waals surface area contributed by atoms with E-state index in [0.717, 1.165) is 44.3 Å². The smallest absolute Gasteiger partial charge is 0.225 e. The lowest BCUT2D eigenvalue weighted by atomic mass is 9.81. The largest absolute Gasteiger partial charge is 0.342 e. The summed E-state index contributed by atoms with van der Waals surface area (Å²) in [5.41, 5.74) is 3.41. The first-order valence-electron chi connectivity index (χ1n) is 11.6. The molecule has 0 radical (unpaired) electrons. The predicted octanol–water partition coefficient (Wildman–Crippen LogP) is 5.64. The molecule has 30 heavy (non-hydrogen) atoms. The van der Waals surface area contributed by atoms with Crippen LogP contribution in [0.15, 0.2) is 54.6 Å². The Morgan fingerprint density at radius 3 is 2.30 bits per heavy atom. The maximum Gasteiger partial charge on any atom is 0.225 e. The standard InChI is InChI=1S/C27H33NO2/c1-2-20-12-14-22(15-13-20)25-16-21(17-26(29)23-8-4-3-5-9-23)18-28(19-25)27(30)24-10-6-7-11-24/h3-5,8-9,12-15,21,24-25H,2,6-7,10-11,16-19H2,1H3.